The highest BCUT2D eigenvalue weighted by Gasteiger charge is 2.16. The van der Waals surface area contributed by atoms with Gasteiger partial charge in [0.2, 0.25) is 0 Å². The lowest BCUT2D eigenvalue weighted by molar-refractivity contribution is -0.384. The van der Waals surface area contributed by atoms with Crippen LogP contribution in [0.25, 0.3) is 10.1 Å². The van der Waals surface area contributed by atoms with Gasteiger partial charge < -0.3 is 5.32 Å². The zero-order valence-electron chi connectivity index (χ0n) is 9.89. The first kappa shape index (κ1) is 11.5. The van der Waals surface area contributed by atoms with Crippen LogP contribution in [0.1, 0.15) is 25.7 Å². The second kappa shape index (κ2) is 4.57. The summed E-state index contributed by atoms with van der Waals surface area (Å²) in [4.78, 5) is 10.4. The van der Waals surface area contributed by atoms with Crippen molar-refractivity contribution in [3.63, 3.8) is 0 Å². The Labute approximate surface area is 109 Å². The van der Waals surface area contributed by atoms with Crippen LogP contribution in [0.15, 0.2) is 24.3 Å². The minimum Gasteiger partial charge on any atom is -0.374 e. The van der Waals surface area contributed by atoms with E-state index in [4.69, 9.17) is 0 Å². The number of nitro groups is 1. The molecule has 1 aliphatic carbocycles. The lowest BCUT2D eigenvalue weighted by atomic mass is 10.2. The van der Waals surface area contributed by atoms with Gasteiger partial charge in [0, 0.05) is 28.3 Å². The monoisotopic (exact) mass is 262 g/mol. The van der Waals surface area contributed by atoms with E-state index in [1.807, 2.05) is 12.1 Å². The van der Waals surface area contributed by atoms with E-state index in [9.17, 15) is 10.1 Å². The maximum atomic E-state index is 10.7. The van der Waals surface area contributed by atoms with Crippen molar-refractivity contribution in [2.45, 2.75) is 31.7 Å². The lowest BCUT2D eigenvalue weighted by Crippen LogP contribution is -2.13. The molecule has 0 bridgehead atoms. The van der Waals surface area contributed by atoms with Crippen LogP contribution in [-0.4, -0.2) is 11.0 Å². The van der Waals surface area contributed by atoms with Gasteiger partial charge in [-0.25, -0.2) is 0 Å². The third-order valence-electron chi connectivity index (χ3n) is 3.41. The van der Waals surface area contributed by atoms with Crippen LogP contribution in [-0.2, 0) is 0 Å². The van der Waals surface area contributed by atoms with Crippen molar-refractivity contribution >= 4 is 32.1 Å². The van der Waals surface area contributed by atoms with Crippen LogP contribution in [0.5, 0.6) is 0 Å². The second-order valence-electron chi connectivity index (χ2n) is 4.72. The zero-order chi connectivity index (χ0) is 12.5. The first-order chi connectivity index (χ1) is 8.72. The number of nitrogens with zero attached hydrogens (tertiary/aromatic N) is 1. The Morgan fingerprint density at radius 1 is 1.28 bits per heavy atom. The molecule has 1 aliphatic rings. The third kappa shape index (κ3) is 2.18. The summed E-state index contributed by atoms with van der Waals surface area (Å²) in [5.74, 6) is 0. The quantitative estimate of drug-likeness (QED) is 0.667. The van der Waals surface area contributed by atoms with E-state index >= 15 is 0 Å². The Morgan fingerprint density at radius 2 is 2.06 bits per heavy atom. The van der Waals surface area contributed by atoms with Crippen molar-refractivity contribution in [3.05, 3.63) is 34.4 Å². The molecule has 1 heterocycles. The van der Waals surface area contributed by atoms with Crippen LogP contribution >= 0.6 is 11.3 Å². The predicted octanol–water partition coefficient (Wildman–Crippen LogP) is 4.16. The van der Waals surface area contributed by atoms with Crippen molar-refractivity contribution in [1.82, 2.24) is 0 Å². The molecule has 1 aromatic heterocycles. The van der Waals surface area contributed by atoms with E-state index in [-0.39, 0.29) is 10.6 Å². The van der Waals surface area contributed by atoms with E-state index in [0.717, 1.165) is 15.1 Å². The topological polar surface area (TPSA) is 55.2 Å². The van der Waals surface area contributed by atoms with Crippen molar-refractivity contribution in [2.75, 3.05) is 5.32 Å². The highest BCUT2D eigenvalue weighted by Crippen LogP contribution is 2.34. The lowest BCUT2D eigenvalue weighted by Gasteiger charge is -2.10. The van der Waals surface area contributed by atoms with Crippen LogP contribution in [0.3, 0.4) is 0 Å². The van der Waals surface area contributed by atoms with Crippen molar-refractivity contribution in [1.29, 1.82) is 0 Å². The number of anilines is 1. The summed E-state index contributed by atoms with van der Waals surface area (Å²) in [6.07, 6.45) is 5.06. The second-order valence-corrected chi connectivity index (χ2v) is 5.80. The summed E-state index contributed by atoms with van der Waals surface area (Å²) in [6.45, 7) is 0. The maximum absolute atomic E-state index is 10.7. The highest BCUT2D eigenvalue weighted by atomic mass is 32.1. The number of nitrogens with one attached hydrogen (secondary N) is 1. The molecule has 0 saturated heterocycles. The largest absolute Gasteiger partial charge is 0.374 e. The Bertz CT molecular complexity index is 588. The van der Waals surface area contributed by atoms with Gasteiger partial charge >= 0.3 is 0 Å². The summed E-state index contributed by atoms with van der Waals surface area (Å²) in [5, 5.41) is 16.3. The average molecular weight is 262 g/mol. The van der Waals surface area contributed by atoms with E-state index in [1.165, 1.54) is 25.7 Å². The van der Waals surface area contributed by atoms with Crippen molar-refractivity contribution in [3.8, 4) is 0 Å². The molecule has 5 heteroatoms. The number of thiophene rings is 1. The van der Waals surface area contributed by atoms with Crippen LogP contribution < -0.4 is 5.32 Å². The predicted molar refractivity (Wildman–Crippen MR) is 74.4 cm³/mol. The van der Waals surface area contributed by atoms with Gasteiger partial charge in [-0.3, -0.25) is 10.1 Å². The molecule has 0 spiro atoms. The van der Waals surface area contributed by atoms with Gasteiger partial charge in [-0.15, -0.1) is 11.3 Å². The van der Waals surface area contributed by atoms with Crippen LogP contribution in [0.4, 0.5) is 10.7 Å². The number of hydrogen-bond donors (Lipinski definition) is 1. The molecule has 1 aromatic carbocycles. The molecular weight excluding hydrogens is 248 g/mol. The summed E-state index contributed by atoms with van der Waals surface area (Å²) in [5.41, 5.74) is 0.160. The standard InChI is InChI=1S/C13H14N2O2S/c16-15(17)11-5-6-12-9(7-11)8-13(18-12)14-10-3-1-2-4-10/h5-8,10,14H,1-4H2. The summed E-state index contributed by atoms with van der Waals surface area (Å²) < 4.78 is 1.10. The first-order valence-corrected chi connectivity index (χ1v) is 6.98. The van der Waals surface area contributed by atoms with Gasteiger partial charge in [0.1, 0.15) is 0 Å². The number of benzene rings is 1. The minimum atomic E-state index is -0.346. The fourth-order valence-electron chi connectivity index (χ4n) is 2.49. The van der Waals surface area contributed by atoms with E-state index in [0.29, 0.717) is 6.04 Å². The molecule has 1 fully saturated rings. The number of nitro benzene ring substituents is 1. The average Bonchev–Trinajstić information content (AvgIpc) is 2.96. The molecule has 4 nitrogen and oxygen atoms in total. The van der Waals surface area contributed by atoms with Gasteiger partial charge in [-0.05, 0) is 25.0 Å². The SMILES string of the molecule is O=[N+]([O-])c1ccc2sc(NC3CCCC3)cc2c1. The van der Waals surface area contributed by atoms with E-state index in [1.54, 1.807) is 23.5 Å². The van der Waals surface area contributed by atoms with Gasteiger partial charge in [0.25, 0.3) is 5.69 Å². The molecule has 3 rings (SSSR count). The molecule has 0 unspecified atom stereocenters. The van der Waals surface area contributed by atoms with Gasteiger partial charge in [-0.1, -0.05) is 12.8 Å². The molecule has 0 aliphatic heterocycles. The number of non-ortho nitro benzene ring substituents is 1. The molecular formula is C13H14N2O2S. The molecule has 0 radical (unpaired) electrons. The maximum Gasteiger partial charge on any atom is 0.270 e. The zero-order valence-corrected chi connectivity index (χ0v) is 10.7. The van der Waals surface area contributed by atoms with E-state index in [2.05, 4.69) is 5.32 Å². The number of fused-ring (bicyclic) bond motifs is 1. The highest BCUT2D eigenvalue weighted by molar-refractivity contribution is 7.22. The third-order valence-corrected chi connectivity index (χ3v) is 4.46. The van der Waals surface area contributed by atoms with Gasteiger partial charge in [0.05, 0.1) is 9.92 Å². The van der Waals surface area contributed by atoms with Crippen LogP contribution in [0.2, 0.25) is 0 Å². The molecule has 2 aromatic rings. The Kier molecular flexibility index (Phi) is 2.91. The van der Waals surface area contributed by atoms with E-state index < -0.39 is 0 Å². The fourth-order valence-corrected chi connectivity index (χ4v) is 3.51. The molecule has 1 N–H and O–H groups in total. The first-order valence-electron chi connectivity index (χ1n) is 6.17. The van der Waals surface area contributed by atoms with Gasteiger partial charge in [0.15, 0.2) is 0 Å². The summed E-state index contributed by atoms with van der Waals surface area (Å²) in [6, 6.07) is 7.64. The molecule has 1 saturated carbocycles. The van der Waals surface area contributed by atoms with Crippen molar-refractivity contribution in [2.24, 2.45) is 0 Å². The molecule has 18 heavy (non-hydrogen) atoms. The minimum absolute atomic E-state index is 0.160. The number of rotatable bonds is 3. The smallest absolute Gasteiger partial charge is 0.270 e. The molecule has 94 valence electrons. The Hall–Kier alpha value is -1.62. The molecule has 0 atom stereocenters. The number of hydrogen-bond acceptors (Lipinski definition) is 4. The van der Waals surface area contributed by atoms with Crippen LogP contribution in [0, 0.1) is 10.1 Å². The van der Waals surface area contributed by atoms with Crippen molar-refractivity contribution < 1.29 is 4.92 Å². The Morgan fingerprint density at radius 3 is 2.78 bits per heavy atom. The molecule has 0 amide bonds. The Balaban J connectivity index is 1.87. The van der Waals surface area contributed by atoms with Gasteiger partial charge in [-0.2, -0.15) is 0 Å². The summed E-state index contributed by atoms with van der Waals surface area (Å²) in [7, 11) is 0. The normalized spacial score (nSPS) is 16.2. The fraction of sp³-hybridized carbons (Fsp3) is 0.385. The summed E-state index contributed by atoms with van der Waals surface area (Å²) >= 11 is 1.67.